The van der Waals surface area contributed by atoms with Crippen LogP contribution in [0.25, 0.3) is 11.1 Å². The summed E-state index contributed by atoms with van der Waals surface area (Å²) in [4.78, 5) is 4.04. The molecule has 168 valence electrons. The highest BCUT2D eigenvalue weighted by molar-refractivity contribution is 7.89. The van der Waals surface area contributed by atoms with E-state index in [-0.39, 0.29) is 22.3 Å². The summed E-state index contributed by atoms with van der Waals surface area (Å²) in [5.41, 5.74) is 16.0. The Morgan fingerprint density at radius 3 is 2.42 bits per heavy atom. The van der Waals surface area contributed by atoms with Crippen LogP contribution < -0.4 is 33.7 Å². The maximum Gasteiger partial charge on any atom is 0.239 e. The Kier molecular flexibility index (Phi) is 7.11. The number of hydrogen-bond acceptors (Lipinski definition) is 8. The first-order valence-electron chi connectivity index (χ1n) is 10.2. The fraction of sp³-hybridized carbons (Fsp3) is 0.400. The van der Waals surface area contributed by atoms with Crippen LogP contribution in [0.3, 0.4) is 0 Å². The van der Waals surface area contributed by atoms with Gasteiger partial charge in [0.1, 0.15) is 5.82 Å². The third kappa shape index (κ3) is 5.31. The standard InChI is InChI=1S/C20H30N8O2S/c21-15-7-2-12(3-8-15)1-4-13-5-9-16(14-6-10-17(22)26-11-14)18(20(27-23)28-24)19(13)31(25,29)30/h5-6,9-12,15H,1-4,7-8,21,23-24H2,(H2,22,26)(H,27,28)(H2,25,29,30). The maximum atomic E-state index is 12.7. The number of pyridine rings is 1. The van der Waals surface area contributed by atoms with Crippen molar-refractivity contribution in [1.82, 2.24) is 10.4 Å². The van der Waals surface area contributed by atoms with Crippen LogP contribution in [-0.4, -0.2) is 25.3 Å². The molecule has 1 aliphatic carbocycles. The molecule has 31 heavy (non-hydrogen) atoms. The summed E-state index contributed by atoms with van der Waals surface area (Å²) >= 11 is 0. The molecule has 11 heteroatoms. The van der Waals surface area contributed by atoms with Gasteiger partial charge in [-0.15, -0.1) is 0 Å². The van der Waals surface area contributed by atoms with Gasteiger partial charge in [0.05, 0.1) is 4.90 Å². The van der Waals surface area contributed by atoms with Crippen LogP contribution in [0.15, 0.2) is 40.5 Å². The van der Waals surface area contributed by atoms with Crippen molar-refractivity contribution in [2.24, 2.45) is 33.6 Å². The number of primary sulfonamides is 1. The summed E-state index contributed by atoms with van der Waals surface area (Å²) < 4.78 is 25.4. The van der Waals surface area contributed by atoms with E-state index < -0.39 is 10.0 Å². The Bertz CT molecular complexity index is 1050. The molecule has 0 amide bonds. The van der Waals surface area contributed by atoms with E-state index in [0.717, 1.165) is 32.1 Å². The summed E-state index contributed by atoms with van der Waals surface area (Å²) in [5, 5.41) is 9.31. The third-order valence-electron chi connectivity index (χ3n) is 5.84. The van der Waals surface area contributed by atoms with Crippen molar-refractivity contribution in [3.8, 4) is 11.1 Å². The minimum Gasteiger partial charge on any atom is -0.384 e. The van der Waals surface area contributed by atoms with Crippen molar-refractivity contribution in [2.45, 2.75) is 49.5 Å². The van der Waals surface area contributed by atoms with Crippen LogP contribution in [0.5, 0.6) is 0 Å². The van der Waals surface area contributed by atoms with Gasteiger partial charge < -0.3 is 22.7 Å². The van der Waals surface area contributed by atoms with E-state index in [1.807, 2.05) is 0 Å². The number of aryl methyl sites for hydroxylation is 1. The van der Waals surface area contributed by atoms with E-state index in [9.17, 15) is 8.42 Å². The minimum absolute atomic E-state index is 0.00124. The number of nitrogens with two attached hydrogens (primary N) is 5. The van der Waals surface area contributed by atoms with E-state index in [4.69, 9.17) is 28.3 Å². The number of hydrazine groups is 1. The van der Waals surface area contributed by atoms with E-state index in [1.165, 1.54) is 6.20 Å². The van der Waals surface area contributed by atoms with E-state index in [2.05, 4.69) is 15.5 Å². The van der Waals surface area contributed by atoms with Crippen LogP contribution in [0.2, 0.25) is 0 Å². The quantitative estimate of drug-likeness (QED) is 0.159. The number of nitrogens with one attached hydrogen (secondary N) is 1. The number of amidine groups is 1. The van der Waals surface area contributed by atoms with Crippen molar-refractivity contribution < 1.29 is 8.42 Å². The molecule has 0 atom stereocenters. The number of hydrogen-bond donors (Lipinski definition) is 6. The molecule has 0 aliphatic heterocycles. The number of nitrogen functional groups attached to an aromatic ring is 1. The van der Waals surface area contributed by atoms with Gasteiger partial charge in [-0.1, -0.05) is 12.1 Å². The van der Waals surface area contributed by atoms with Crippen molar-refractivity contribution in [3.05, 3.63) is 41.6 Å². The van der Waals surface area contributed by atoms with E-state index >= 15 is 0 Å². The summed E-state index contributed by atoms with van der Waals surface area (Å²) in [5.74, 6) is 12.0. The zero-order valence-corrected chi connectivity index (χ0v) is 18.1. The van der Waals surface area contributed by atoms with Crippen LogP contribution in [0.4, 0.5) is 5.82 Å². The van der Waals surface area contributed by atoms with Crippen molar-refractivity contribution >= 4 is 21.7 Å². The van der Waals surface area contributed by atoms with Gasteiger partial charge in [0, 0.05) is 23.4 Å². The van der Waals surface area contributed by atoms with Gasteiger partial charge in [-0.25, -0.2) is 24.4 Å². The molecule has 2 aromatic rings. The number of sulfonamides is 1. The molecule has 0 unspecified atom stereocenters. The molecule has 11 N–H and O–H groups in total. The SMILES string of the molecule is NN=C(NN)c1c(-c2ccc(N)nc2)ccc(CCC2CCC(N)CC2)c1S(N)(=O)=O. The molecule has 1 aliphatic rings. The van der Waals surface area contributed by atoms with Gasteiger partial charge in [0.25, 0.3) is 0 Å². The Morgan fingerprint density at radius 2 is 1.87 bits per heavy atom. The van der Waals surface area contributed by atoms with E-state index in [0.29, 0.717) is 34.8 Å². The molecule has 0 saturated heterocycles. The van der Waals surface area contributed by atoms with Crippen molar-refractivity contribution in [3.63, 3.8) is 0 Å². The Labute approximate surface area is 182 Å². The van der Waals surface area contributed by atoms with Crippen molar-refractivity contribution in [2.75, 3.05) is 5.73 Å². The first-order chi connectivity index (χ1) is 14.7. The van der Waals surface area contributed by atoms with Gasteiger partial charge in [-0.05, 0) is 67.7 Å². The monoisotopic (exact) mass is 446 g/mol. The molecular formula is C20H30N8O2S. The first-order valence-corrected chi connectivity index (χ1v) is 11.7. The maximum absolute atomic E-state index is 12.7. The van der Waals surface area contributed by atoms with Gasteiger partial charge in [0.15, 0.2) is 5.84 Å². The topological polar surface area (TPSA) is 202 Å². The lowest BCUT2D eigenvalue weighted by molar-refractivity contribution is 0.310. The van der Waals surface area contributed by atoms with Crippen LogP contribution in [0.1, 0.15) is 43.2 Å². The predicted molar refractivity (Wildman–Crippen MR) is 122 cm³/mol. The second kappa shape index (κ2) is 9.60. The lowest BCUT2D eigenvalue weighted by Crippen LogP contribution is -2.35. The highest BCUT2D eigenvalue weighted by Gasteiger charge is 2.27. The van der Waals surface area contributed by atoms with Crippen molar-refractivity contribution in [1.29, 1.82) is 0 Å². The smallest absolute Gasteiger partial charge is 0.239 e. The third-order valence-corrected chi connectivity index (χ3v) is 6.87. The second-order valence-electron chi connectivity index (χ2n) is 7.93. The Balaban J connectivity index is 2.10. The normalized spacial score (nSPS) is 19.9. The van der Waals surface area contributed by atoms with Gasteiger partial charge in [-0.2, -0.15) is 5.10 Å². The van der Waals surface area contributed by atoms with Crippen LogP contribution in [-0.2, 0) is 16.4 Å². The highest BCUT2D eigenvalue weighted by Crippen LogP contribution is 2.34. The molecule has 0 spiro atoms. The molecule has 0 radical (unpaired) electrons. The highest BCUT2D eigenvalue weighted by atomic mass is 32.2. The summed E-state index contributed by atoms with van der Waals surface area (Å²) in [6.07, 6.45) is 6.96. The molecule has 0 bridgehead atoms. The number of aromatic nitrogens is 1. The van der Waals surface area contributed by atoms with Gasteiger partial charge in [0.2, 0.25) is 10.0 Å². The molecule has 10 nitrogen and oxygen atoms in total. The average Bonchev–Trinajstić information content (AvgIpc) is 2.74. The average molecular weight is 447 g/mol. The van der Waals surface area contributed by atoms with Crippen LogP contribution in [0, 0.1) is 5.92 Å². The molecule has 3 rings (SSSR count). The summed E-state index contributed by atoms with van der Waals surface area (Å²) in [6, 6.07) is 7.17. The largest absolute Gasteiger partial charge is 0.384 e. The molecule has 1 fully saturated rings. The first kappa shape index (κ1) is 22.9. The molecular weight excluding hydrogens is 416 g/mol. The number of anilines is 1. The predicted octanol–water partition coefficient (Wildman–Crippen LogP) is 0.512. The summed E-state index contributed by atoms with van der Waals surface area (Å²) in [6.45, 7) is 0. The van der Waals surface area contributed by atoms with Gasteiger partial charge in [-0.3, -0.25) is 0 Å². The zero-order valence-electron chi connectivity index (χ0n) is 17.3. The number of hydrazone groups is 1. The number of nitrogens with zero attached hydrogens (tertiary/aromatic N) is 2. The Hall–Kier alpha value is -2.73. The number of benzene rings is 1. The zero-order chi connectivity index (χ0) is 22.6. The van der Waals surface area contributed by atoms with Crippen LogP contribution >= 0.6 is 0 Å². The molecule has 1 aromatic heterocycles. The van der Waals surface area contributed by atoms with Gasteiger partial charge >= 0.3 is 0 Å². The fourth-order valence-electron chi connectivity index (χ4n) is 4.20. The number of rotatable bonds is 6. The lowest BCUT2D eigenvalue weighted by atomic mass is 9.83. The fourth-order valence-corrected chi connectivity index (χ4v) is 5.23. The minimum atomic E-state index is -4.13. The Morgan fingerprint density at radius 1 is 1.16 bits per heavy atom. The lowest BCUT2D eigenvalue weighted by Gasteiger charge is -2.26. The molecule has 1 saturated carbocycles. The summed E-state index contributed by atoms with van der Waals surface area (Å²) in [7, 11) is -4.13. The molecule has 1 aromatic carbocycles. The second-order valence-corrected chi connectivity index (χ2v) is 9.43. The molecule has 1 heterocycles. The van der Waals surface area contributed by atoms with E-state index in [1.54, 1.807) is 24.3 Å².